The molecule has 9 nitrogen and oxygen atoms in total. The topological polar surface area (TPSA) is 90.6 Å². The van der Waals surface area contributed by atoms with Crippen molar-refractivity contribution in [2.75, 3.05) is 62.7 Å². The first-order valence-corrected chi connectivity index (χ1v) is 13.9. The second-order valence-corrected chi connectivity index (χ2v) is 11.2. The summed E-state index contributed by atoms with van der Waals surface area (Å²) in [7, 11) is 2.17. The number of ketones is 1. The van der Waals surface area contributed by atoms with Crippen LogP contribution in [0.5, 0.6) is 0 Å². The lowest BCUT2D eigenvalue weighted by molar-refractivity contribution is -0.128. The van der Waals surface area contributed by atoms with Gasteiger partial charge in [-0.15, -0.1) is 0 Å². The van der Waals surface area contributed by atoms with Crippen molar-refractivity contribution in [3.05, 3.63) is 17.4 Å². The predicted molar refractivity (Wildman–Crippen MR) is 140 cm³/mol. The van der Waals surface area contributed by atoms with Gasteiger partial charge in [0.15, 0.2) is 17.3 Å². The molecule has 6 rings (SSSR count). The van der Waals surface area contributed by atoms with Gasteiger partial charge < -0.3 is 24.5 Å². The maximum absolute atomic E-state index is 13.2. The number of carbonyl (C=O) groups excluding carboxylic acids is 1. The predicted octanol–water partition coefficient (Wildman–Crippen LogP) is 2.79. The molecule has 2 aromatic rings. The fourth-order valence-electron chi connectivity index (χ4n) is 6.60. The van der Waals surface area contributed by atoms with E-state index < -0.39 is 5.41 Å². The number of piperazine rings is 1. The van der Waals surface area contributed by atoms with Crippen molar-refractivity contribution in [3.8, 4) is 11.5 Å². The first-order chi connectivity index (χ1) is 17.5. The van der Waals surface area contributed by atoms with Crippen LogP contribution in [-0.4, -0.2) is 84.7 Å². The molecule has 2 atom stereocenters. The highest BCUT2D eigenvalue weighted by molar-refractivity contribution is 5.91. The number of likely N-dealkylation sites (N-methyl/N-ethyl adjacent to an activating group) is 1. The van der Waals surface area contributed by atoms with Gasteiger partial charge in [0.2, 0.25) is 0 Å². The molecule has 0 aromatic carbocycles. The van der Waals surface area contributed by atoms with Crippen molar-refractivity contribution in [1.29, 1.82) is 0 Å². The number of aromatic nitrogens is 3. The number of carbonyl (C=O) groups is 1. The number of Topliss-reactive ketones (excluding diaryl/α,β-unsaturated/α-hetero) is 1. The summed E-state index contributed by atoms with van der Waals surface area (Å²) in [6.45, 7) is 9.10. The highest BCUT2D eigenvalue weighted by Crippen LogP contribution is 2.47. The van der Waals surface area contributed by atoms with Crippen molar-refractivity contribution in [1.82, 2.24) is 25.3 Å². The van der Waals surface area contributed by atoms with Crippen molar-refractivity contribution in [2.45, 2.75) is 69.7 Å². The lowest BCUT2D eigenvalue weighted by atomic mass is 9.64. The van der Waals surface area contributed by atoms with E-state index >= 15 is 0 Å². The Bertz CT molecular complexity index is 1110. The van der Waals surface area contributed by atoms with Gasteiger partial charge >= 0.3 is 0 Å². The Hall–Kier alpha value is -2.52. The fourth-order valence-corrected chi connectivity index (χ4v) is 6.60. The molecular weight excluding hydrogens is 454 g/mol. The van der Waals surface area contributed by atoms with Crippen LogP contribution in [0.15, 0.2) is 10.6 Å². The summed E-state index contributed by atoms with van der Waals surface area (Å²) in [6, 6.07) is 2.50. The number of hydrogen-bond donors (Lipinski definition) is 1. The number of nitrogens with one attached hydrogen (secondary N) is 1. The summed E-state index contributed by atoms with van der Waals surface area (Å²) < 4.78 is 6.04. The Kier molecular flexibility index (Phi) is 6.46. The molecule has 0 radical (unpaired) electrons. The molecule has 1 N–H and O–H groups in total. The number of nitrogens with zero attached hydrogens (tertiary/aromatic N) is 6. The first-order valence-electron chi connectivity index (χ1n) is 13.9. The molecule has 9 heteroatoms. The summed E-state index contributed by atoms with van der Waals surface area (Å²) in [4.78, 5) is 30.5. The van der Waals surface area contributed by atoms with Gasteiger partial charge in [-0.1, -0.05) is 11.6 Å². The molecule has 4 heterocycles. The van der Waals surface area contributed by atoms with E-state index in [9.17, 15) is 4.79 Å². The van der Waals surface area contributed by atoms with E-state index in [2.05, 4.69) is 45.2 Å². The zero-order valence-electron chi connectivity index (χ0n) is 21.8. The summed E-state index contributed by atoms with van der Waals surface area (Å²) in [5.41, 5.74) is 1.31. The van der Waals surface area contributed by atoms with E-state index in [0.717, 1.165) is 119 Å². The lowest BCUT2D eigenvalue weighted by Gasteiger charge is -2.36. The smallest absolute Gasteiger partial charge is 0.186 e. The molecule has 4 aliphatic rings. The summed E-state index contributed by atoms with van der Waals surface area (Å²) in [5.74, 6) is 3.69. The van der Waals surface area contributed by atoms with Crippen molar-refractivity contribution < 1.29 is 9.32 Å². The summed E-state index contributed by atoms with van der Waals surface area (Å²) in [6.07, 6.45) is 7.38. The highest BCUT2D eigenvalue weighted by Gasteiger charge is 2.48. The van der Waals surface area contributed by atoms with Gasteiger partial charge in [-0.05, 0) is 59.0 Å². The Morgan fingerprint density at radius 1 is 1.00 bits per heavy atom. The summed E-state index contributed by atoms with van der Waals surface area (Å²) in [5, 5.41) is 8.10. The van der Waals surface area contributed by atoms with Crippen LogP contribution in [-0.2, 0) is 16.6 Å². The Morgan fingerprint density at radius 2 is 1.81 bits per heavy atom. The van der Waals surface area contributed by atoms with Gasteiger partial charge in [-0.25, -0.2) is 9.97 Å². The number of hydrogen-bond acceptors (Lipinski definition) is 9. The van der Waals surface area contributed by atoms with E-state index in [4.69, 9.17) is 14.5 Å². The van der Waals surface area contributed by atoms with Crippen molar-refractivity contribution in [2.24, 2.45) is 0 Å². The van der Waals surface area contributed by atoms with Crippen molar-refractivity contribution in [3.63, 3.8) is 0 Å². The monoisotopic (exact) mass is 493 g/mol. The second kappa shape index (κ2) is 9.74. The van der Waals surface area contributed by atoms with Crippen LogP contribution in [0.4, 0.5) is 11.6 Å². The minimum Gasteiger partial charge on any atom is -0.359 e. The minimum absolute atomic E-state index is 0.330. The number of rotatable bonds is 3. The minimum atomic E-state index is -0.486. The van der Waals surface area contributed by atoms with Crippen LogP contribution < -0.4 is 15.1 Å². The SMILES string of the molecule is C[C@H]1CNCCCN1c1cc(N2CCN(C)CC2)nc(-c2noc3c2CCC[C@@]32CCCCC2=O)n1. The van der Waals surface area contributed by atoms with Gasteiger partial charge in [-0.3, -0.25) is 4.79 Å². The summed E-state index contributed by atoms with van der Waals surface area (Å²) >= 11 is 0. The van der Waals surface area contributed by atoms with Crippen LogP contribution in [0, 0.1) is 0 Å². The van der Waals surface area contributed by atoms with E-state index in [0.29, 0.717) is 24.1 Å². The quantitative estimate of drug-likeness (QED) is 0.693. The third-order valence-electron chi connectivity index (χ3n) is 8.80. The third-order valence-corrected chi connectivity index (χ3v) is 8.80. The molecule has 2 aliphatic carbocycles. The Labute approximate surface area is 213 Å². The molecule has 2 aliphatic heterocycles. The van der Waals surface area contributed by atoms with Crippen LogP contribution >= 0.6 is 0 Å². The number of anilines is 2. The molecular formula is C27H39N7O2. The Morgan fingerprint density at radius 3 is 2.64 bits per heavy atom. The second-order valence-electron chi connectivity index (χ2n) is 11.2. The molecule has 0 unspecified atom stereocenters. The maximum Gasteiger partial charge on any atom is 0.186 e. The van der Waals surface area contributed by atoms with E-state index in [1.807, 2.05) is 0 Å². The van der Waals surface area contributed by atoms with Crippen molar-refractivity contribution >= 4 is 17.4 Å². The molecule has 1 saturated carbocycles. The Balaban J connectivity index is 1.43. The van der Waals surface area contributed by atoms with Gasteiger partial charge in [0.25, 0.3) is 0 Å². The molecule has 194 valence electrons. The van der Waals surface area contributed by atoms with Gasteiger partial charge in [0.1, 0.15) is 17.4 Å². The zero-order valence-corrected chi connectivity index (χ0v) is 21.8. The first kappa shape index (κ1) is 23.9. The van der Waals surface area contributed by atoms with Crippen LogP contribution in [0.1, 0.15) is 63.2 Å². The van der Waals surface area contributed by atoms with Crippen LogP contribution in [0.25, 0.3) is 11.5 Å². The van der Waals surface area contributed by atoms with E-state index in [-0.39, 0.29) is 0 Å². The normalized spacial score (nSPS) is 27.8. The van der Waals surface area contributed by atoms with Crippen LogP contribution in [0.3, 0.4) is 0 Å². The maximum atomic E-state index is 13.2. The molecule has 0 bridgehead atoms. The third kappa shape index (κ3) is 4.20. The lowest BCUT2D eigenvalue weighted by Crippen LogP contribution is -2.45. The molecule has 2 saturated heterocycles. The fraction of sp³-hybridized carbons (Fsp3) is 0.704. The highest BCUT2D eigenvalue weighted by atomic mass is 16.5. The van der Waals surface area contributed by atoms with E-state index in [1.165, 1.54) is 0 Å². The van der Waals surface area contributed by atoms with Gasteiger partial charge in [-0.2, -0.15) is 0 Å². The average Bonchev–Trinajstić information content (AvgIpc) is 3.22. The van der Waals surface area contributed by atoms with E-state index in [1.54, 1.807) is 0 Å². The molecule has 0 amide bonds. The standard InChI is InChI=1S/C27H39N7O2/c1-19-18-28-11-6-12-34(19)23-17-22(33-15-13-32(2)14-16-33)29-26(30-23)24-20-7-5-10-27(25(20)36-31-24)9-4-3-8-21(27)35/h17,19,28H,3-16,18H2,1-2H3/t19-,27+/m0/s1. The zero-order chi connectivity index (χ0) is 24.7. The molecule has 36 heavy (non-hydrogen) atoms. The van der Waals surface area contributed by atoms with Gasteiger partial charge in [0, 0.05) is 63.4 Å². The van der Waals surface area contributed by atoms with Gasteiger partial charge in [0.05, 0.1) is 5.41 Å². The largest absolute Gasteiger partial charge is 0.359 e. The molecule has 2 aromatic heterocycles. The van der Waals surface area contributed by atoms with Crippen LogP contribution in [0.2, 0.25) is 0 Å². The molecule has 1 spiro atoms. The average molecular weight is 494 g/mol. The molecule has 3 fully saturated rings. The number of fused-ring (bicyclic) bond motifs is 2.